The fourth-order valence-electron chi connectivity index (χ4n) is 3.50. The first-order valence-electron chi connectivity index (χ1n) is 10.3. The number of ether oxygens (including phenoxy) is 2. The van der Waals surface area contributed by atoms with Crippen molar-refractivity contribution in [3.8, 4) is 11.5 Å². The van der Waals surface area contributed by atoms with Crippen LogP contribution in [-0.2, 0) is 14.8 Å². The van der Waals surface area contributed by atoms with Gasteiger partial charge in [-0.3, -0.25) is 25.3 Å². The van der Waals surface area contributed by atoms with Crippen LogP contribution in [-0.4, -0.2) is 75.4 Å². The molecule has 0 spiro atoms. The van der Waals surface area contributed by atoms with Crippen molar-refractivity contribution in [1.82, 2.24) is 20.1 Å². The summed E-state index contributed by atoms with van der Waals surface area (Å²) in [5.41, 5.74) is 5.08. The zero-order chi connectivity index (χ0) is 23.4. The third-order valence-corrected chi connectivity index (χ3v) is 7.42. The zero-order valence-corrected chi connectivity index (χ0v) is 19.2. The third-order valence-electron chi connectivity index (χ3n) is 5.27. The standard InChI is InChI=1S/C21H23ClN4O6S/c22-16-3-1-15(2-4-16)21(28)24-23-20(27)14-25-7-9-26(10-8-25)33(29,30)17-5-6-18-19(13-17)32-12-11-31-18/h1-6,13H,7-12,14H2,(H,23,27)(H,24,28). The van der Waals surface area contributed by atoms with E-state index in [1.165, 1.54) is 16.4 Å². The largest absolute Gasteiger partial charge is 0.486 e. The van der Waals surface area contributed by atoms with Crippen LogP contribution in [0.4, 0.5) is 0 Å². The smallest absolute Gasteiger partial charge is 0.269 e. The summed E-state index contributed by atoms with van der Waals surface area (Å²) in [5.74, 6) is 0.0771. The molecule has 0 aliphatic carbocycles. The second-order valence-electron chi connectivity index (χ2n) is 7.49. The highest BCUT2D eigenvalue weighted by molar-refractivity contribution is 7.89. The molecule has 2 aromatic rings. The number of carbonyl (C=O) groups is 2. The molecule has 0 aromatic heterocycles. The van der Waals surface area contributed by atoms with Gasteiger partial charge in [-0.1, -0.05) is 11.6 Å². The zero-order valence-electron chi connectivity index (χ0n) is 17.6. The van der Waals surface area contributed by atoms with E-state index in [-0.39, 0.29) is 24.5 Å². The number of hydrogen-bond donors (Lipinski definition) is 2. The van der Waals surface area contributed by atoms with E-state index in [0.29, 0.717) is 48.4 Å². The second kappa shape index (κ2) is 9.96. The molecule has 33 heavy (non-hydrogen) atoms. The number of nitrogens with zero attached hydrogens (tertiary/aromatic N) is 2. The third kappa shape index (κ3) is 5.56. The lowest BCUT2D eigenvalue weighted by Crippen LogP contribution is -2.52. The van der Waals surface area contributed by atoms with Crippen molar-refractivity contribution in [2.75, 3.05) is 45.9 Å². The highest BCUT2D eigenvalue weighted by Gasteiger charge is 2.30. The molecule has 2 amide bonds. The van der Waals surface area contributed by atoms with Gasteiger partial charge in [-0.15, -0.1) is 0 Å². The number of rotatable bonds is 5. The Morgan fingerprint density at radius 3 is 2.27 bits per heavy atom. The normalized spacial score (nSPS) is 16.8. The average molecular weight is 495 g/mol. The van der Waals surface area contributed by atoms with Gasteiger partial charge in [0.05, 0.1) is 11.4 Å². The summed E-state index contributed by atoms with van der Waals surface area (Å²) in [6.45, 7) is 2.06. The summed E-state index contributed by atoms with van der Waals surface area (Å²) in [7, 11) is -3.70. The molecule has 0 bridgehead atoms. The van der Waals surface area contributed by atoms with Gasteiger partial charge >= 0.3 is 0 Å². The average Bonchev–Trinajstić information content (AvgIpc) is 2.83. The molecule has 4 rings (SSSR count). The van der Waals surface area contributed by atoms with Gasteiger partial charge in [-0.25, -0.2) is 8.42 Å². The minimum atomic E-state index is -3.70. The molecule has 12 heteroatoms. The number of amides is 2. The van der Waals surface area contributed by atoms with Gasteiger partial charge in [0.2, 0.25) is 10.0 Å². The van der Waals surface area contributed by atoms with E-state index in [1.54, 1.807) is 30.3 Å². The number of hydrogen-bond acceptors (Lipinski definition) is 7. The summed E-state index contributed by atoms with van der Waals surface area (Å²) < 4.78 is 38.3. The molecule has 176 valence electrons. The van der Waals surface area contributed by atoms with Crippen LogP contribution in [0.3, 0.4) is 0 Å². The predicted octanol–water partition coefficient (Wildman–Crippen LogP) is 0.879. The maximum Gasteiger partial charge on any atom is 0.269 e. The minimum Gasteiger partial charge on any atom is -0.486 e. The minimum absolute atomic E-state index is 0.0266. The van der Waals surface area contributed by atoms with E-state index in [2.05, 4.69) is 10.9 Å². The fourth-order valence-corrected chi connectivity index (χ4v) is 5.07. The van der Waals surface area contributed by atoms with Crippen LogP contribution in [0, 0.1) is 0 Å². The summed E-state index contributed by atoms with van der Waals surface area (Å²) in [6, 6.07) is 10.8. The Morgan fingerprint density at radius 1 is 0.909 bits per heavy atom. The van der Waals surface area contributed by atoms with Gasteiger partial charge in [-0.2, -0.15) is 4.31 Å². The van der Waals surface area contributed by atoms with Gasteiger partial charge in [0.1, 0.15) is 13.2 Å². The van der Waals surface area contributed by atoms with Crippen molar-refractivity contribution < 1.29 is 27.5 Å². The Hall–Kier alpha value is -2.86. The molecule has 1 fully saturated rings. The molecule has 0 saturated carbocycles. The Morgan fingerprint density at radius 2 is 1.58 bits per heavy atom. The van der Waals surface area contributed by atoms with Crippen molar-refractivity contribution >= 4 is 33.4 Å². The van der Waals surface area contributed by atoms with E-state index in [4.69, 9.17) is 21.1 Å². The van der Waals surface area contributed by atoms with Crippen LogP contribution in [0.2, 0.25) is 5.02 Å². The molecule has 1 saturated heterocycles. The molecule has 2 heterocycles. The molecular formula is C21H23ClN4O6S. The number of carbonyl (C=O) groups excluding carboxylic acids is 2. The fraction of sp³-hybridized carbons (Fsp3) is 0.333. The van der Waals surface area contributed by atoms with Gasteiger partial charge in [0.15, 0.2) is 11.5 Å². The lowest BCUT2D eigenvalue weighted by Gasteiger charge is -2.33. The number of benzene rings is 2. The summed E-state index contributed by atoms with van der Waals surface area (Å²) in [6.07, 6.45) is 0. The number of fused-ring (bicyclic) bond motifs is 1. The molecule has 0 atom stereocenters. The van der Waals surface area contributed by atoms with Crippen LogP contribution in [0.1, 0.15) is 10.4 Å². The van der Waals surface area contributed by atoms with Crippen LogP contribution >= 0.6 is 11.6 Å². The van der Waals surface area contributed by atoms with Gasteiger partial charge in [0.25, 0.3) is 11.8 Å². The summed E-state index contributed by atoms with van der Waals surface area (Å²) >= 11 is 5.80. The Balaban J connectivity index is 1.26. The Kier molecular flexibility index (Phi) is 7.03. The number of piperazine rings is 1. The maximum absolute atomic E-state index is 13.0. The molecule has 2 aliphatic heterocycles. The van der Waals surface area contributed by atoms with E-state index in [0.717, 1.165) is 0 Å². The quantitative estimate of drug-likeness (QED) is 0.592. The molecule has 10 nitrogen and oxygen atoms in total. The summed E-state index contributed by atoms with van der Waals surface area (Å²) in [5, 5.41) is 0.505. The Bertz CT molecular complexity index is 1130. The molecule has 0 radical (unpaired) electrons. The number of sulfonamides is 1. The van der Waals surface area contributed by atoms with Crippen molar-refractivity contribution in [1.29, 1.82) is 0 Å². The van der Waals surface area contributed by atoms with E-state index >= 15 is 0 Å². The van der Waals surface area contributed by atoms with Crippen molar-refractivity contribution in [3.63, 3.8) is 0 Å². The lowest BCUT2D eigenvalue weighted by molar-refractivity contribution is -0.123. The van der Waals surface area contributed by atoms with Crippen LogP contribution < -0.4 is 20.3 Å². The molecular weight excluding hydrogens is 472 g/mol. The summed E-state index contributed by atoms with van der Waals surface area (Å²) in [4.78, 5) is 26.2. The van der Waals surface area contributed by atoms with Crippen molar-refractivity contribution in [3.05, 3.63) is 53.1 Å². The van der Waals surface area contributed by atoms with E-state index in [9.17, 15) is 18.0 Å². The van der Waals surface area contributed by atoms with Gasteiger partial charge in [-0.05, 0) is 36.4 Å². The highest BCUT2D eigenvalue weighted by Crippen LogP contribution is 2.33. The number of nitrogens with one attached hydrogen (secondary N) is 2. The first kappa shape index (κ1) is 23.3. The van der Waals surface area contributed by atoms with Crippen LogP contribution in [0.5, 0.6) is 11.5 Å². The monoisotopic (exact) mass is 494 g/mol. The van der Waals surface area contributed by atoms with Gasteiger partial charge < -0.3 is 9.47 Å². The highest BCUT2D eigenvalue weighted by atomic mass is 35.5. The van der Waals surface area contributed by atoms with Crippen molar-refractivity contribution in [2.24, 2.45) is 0 Å². The topological polar surface area (TPSA) is 117 Å². The van der Waals surface area contributed by atoms with E-state index < -0.39 is 21.8 Å². The Labute approximate surface area is 196 Å². The maximum atomic E-state index is 13.0. The predicted molar refractivity (Wildman–Crippen MR) is 120 cm³/mol. The molecule has 2 aliphatic rings. The molecule has 0 unspecified atom stereocenters. The first-order chi connectivity index (χ1) is 15.8. The lowest BCUT2D eigenvalue weighted by atomic mass is 10.2. The number of hydrazine groups is 1. The first-order valence-corrected chi connectivity index (χ1v) is 12.1. The molecule has 2 aromatic carbocycles. The molecule has 2 N–H and O–H groups in total. The second-order valence-corrected chi connectivity index (χ2v) is 9.87. The van der Waals surface area contributed by atoms with Crippen LogP contribution in [0.25, 0.3) is 0 Å². The van der Waals surface area contributed by atoms with Crippen molar-refractivity contribution in [2.45, 2.75) is 4.90 Å². The van der Waals surface area contributed by atoms with Crippen LogP contribution in [0.15, 0.2) is 47.4 Å². The van der Waals surface area contributed by atoms with E-state index in [1.807, 2.05) is 4.90 Å². The SMILES string of the molecule is O=C(CN1CCN(S(=O)(=O)c2ccc3c(c2)OCCO3)CC1)NNC(=O)c1ccc(Cl)cc1. The number of halogens is 1. The van der Waals surface area contributed by atoms with Gasteiger partial charge in [0, 0.05) is 42.8 Å².